The zero-order valence-electron chi connectivity index (χ0n) is 11.6. The highest BCUT2D eigenvalue weighted by molar-refractivity contribution is 5.62. The van der Waals surface area contributed by atoms with E-state index in [1.54, 1.807) is 18.0 Å². The van der Waals surface area contributed by atoms with Crippen LogP contribution in [0, 0.1) is 6.92 Å². The molecule has 0 spiro atoms. The molecule has 3 N–H and O–H groups in total. The van der Waals surface area contributed by atoms with Gasteiger partial charge in [-0.1, -0.05) is 12.1 Å². The van der Waals surface area contributed by atoms with E-state index in [0.717, 1.165) is 23.4 Å². The average molecular weight is 296 g/mol. The first-order chi connectivity index (χ1) is 9.81. The Labute approximate surface area is 120 Å². The monoisotopic (exact) mass is 296 g/mol. The maximum Gasteiger partial charge on any atom is 0.416 e. The molecule has 0 aliphatic carbocycles. The quantitative estimate of drug-likeness (QED) is 0.673. The summed E-state index contributed by atoms with van der Waals surface area (Å²) in [6.45, 7) is 1.91. The van der Waals surface area contributed by atoms with Gasteiger partial charge in [-0.25, -0.2) is 10.8 Å². The third kappa shape index (κ3) is 3.43. The van der Waals surface area contributed by atoms with Crippen LogP contribution < -0.4 is 16.2 Å². The summed E-state index contributed by atoms with van der Waals surface area (Å²) in [6, 6.07) is 9.25. The zero-order valence-corrected chi connectivity index (χ0v) is 11.6. The molecule has 112 valence electrons. The van der Waals surface area contributed by atoms with E-state index in [2.05, 4.69) is 10.4 Å². The van der Waals surface area contributed by atoms with Crippen LogP contribution in [0.3, 0.4) is 0 Å². The highest BCUT2D eigenvalue weighted by Gasteiger charge is 2.32. The number of aryl methyl sites for hydroxylation is 1. The van der Waals surface area contributed by atoms with Gasteiger partial charge in [-0.15, -0.1) is 0 Å². The summed E-state index contributed by atoms with van der Waals surface area (Å²) in [5.74, 6) is 5.31. The number of rotatable bonds is 3. The lowest BCUT2D eigenvalue weighted by Gasteiger charge is -2.21. The normalized spacial score (nSPS) is 11.3. The van der Waals surface area contributed by atoms with Crippen LogP contribution in [0.4, 0.5) is 30.5 Å². The molecule has 0 radical (unpaired) electrons. The summed E-state index contributed by atoms with van der Waals surface area (Å²) in [4.78, 5) is 5.63. The Bertz CT molecular complexity index is 640. The fourth-order valence-corrected chi connectivity index (χ4v) is 1.89. The molecule has 0 fully saturated rings. The van der Waals surface area contributed by atoms with Crippen LogP contribution in [0.2, 0.25) is 0 Å². The number of halogens is 3. The first-order valence-corrected chi connectivity index (χ1v) is 6.17. The Morgan fingerprint density at radius 1 is 1.19 bits per heavy atom. The Morgan fingerprint density at radius 2 is 1.90 bits per heavy atom. The fourth-order valence-electron chi connectivity index (χ4n) is 1.89. The smallest absolute Gasteiger partial charge is 0.329 e. The molecule has 7 heteroatoms. The summed E-state index contributed by atoms with van der Waals surface area (Å²) < 4.78 is 38.7. The van der Waals surface area contributed by atoms with Crippen molar-refractivity contribution in [3.05, 3.63) is 47.5 Å². The summed E-state index contributed by atoms with van der Waals surface area (Å²) >= 11 is 0. The van der Waals surface area contributed by atoms with Crippen molar-refractivity contribution in [3.63, 3.8) is 0 Å². The lowest BCUT2D eigenvalue weighted by Crippen LogP contribution is -2.17. The minimum absolute atomic E-state index is 0.0423. The fraction of sp³-hybridized carbons (Fsp3) is 0.214. The van der Waals surface area contributed by atoms with Gasteiger partial charge in [-0.3, -0.25) is 0 Å². The molecule has 21 heavy (non-hydrogen) atoms. The lowest BCUT2D eigenvalue weighted by atomic mass is 10.2. The van der Waals surface area contributed by atoms with Gasteiger partial charge in [0.2, 0.25) is 0 Å². The van der Waals surface area contributed by atoms with Gasteiger partial charge in [0.1, 0.15) is 11.6 Å². The predicted octanol–water partition coefficient (Wildman–Crippen LogP) is 3.46. The second-order valence-electron chi connectivity index (χ2n) is 4.64. The van der Waals surface area contributed by atoms with Gasteiger partial charge in [0, 0.05) is 12.7 Å². The summed E-state index contributed by atoms with van der Waals surface area (Å²) in [5.41, 5.74) is 3.10. The Hall–Kier alpha value is -2.28. The van der Waals surface area contributed by atoms with Gasteiger partial charge in [-0.05, 0) is 36.8 Å². The standard InChI is InChI=1S/C14H15F3N4/c1-9-4-3-5-11(6-9)21(2)13-8-10(14(15,16)17)7-12(19-13)20-18/h3-8H,18H2,1-2H3,(H,19,20). The van der Waals surface area contributed by atoms with Crippen LogP contribution in [-0.4, -0.2) is 12.0 Å². The molecule has 0 bridgehead atoms. The first-order valence-electron chi connectivity index (χ1n) is 6.17. The Kier molecular flexibility index (Phi) is 4.04. The van der Waals surface area contributed by atoms with Crippen molar-refractivity contribution in [2.24, 2.45) is 5.84 Å². The van der Waals surface area contributed by atoms with E-state index in [0.29, 0.717) is 0 Å². The minimum atomic E-state index is -4.46. The number of nitrogens with zero attached hydrogens (tertiary/aromatic N) is 2. The van der Waals surface area contributed by atoms with E-state index in [-0.39, 0.29) is 11.6 Å². The number of aromatic nitrogens is 1. The molecule has 2 aromatic rings. The molecule has 4 nitrogen and oxygen atoms in total. The minimum Gasteiger partial charge on any atom is -0.329 e. The number of pyridine rings is 1. The molecule has 0 amide bonds. The number of alkyl halides is 3. The van der Waals surface area contributed by atoms with Gasteiger partial charge in [0.15, 0.2) is 0 Å². The number of anilines is 3. The van der Waals surface area contributed by atoms with E-state index in [9.17, 15) is 13.2 Å². The third-order valence-electron chi connectivity index (χ3n) is 3.02. The number of benzene rings is 1. The number of hydrogen-bond acceptors (Lipinski definition) is 4. The van der Waals surface area contributed by atoms with Gasteiger partial charge in [0.05, 0.1) is 5.56 Å². The first kappa shape index (κ1) is 15.1. The van der Waals surface area contributed by atoms with Gasteiger partial charge >= 0.3 is 6.18 Å². The van der Waals surface area contributed by atoms with E-state index in [1.165, 1.54) is 0 Å². The van der Waals surface area contributed by atoms with Crippen LogP contribution in [0.25, 0.3) is 0 Å². The molecule has 0 aliphatic rings. The SMILES string of the molecule is Cc1cccc(N(C)c2cc(C(F)(F)F)cc(NN)n2)c1. The van der Waals surface area contributed by atoms with E-state index >= 15 is 0 Å². The van der Waals surface area contributed by atoms with Crippen molar-refractivity contribution in [1.29, 1.82) is 0 Å². The van der Waals surface area contributed by atoms with Crippen molar-refractivity contribution in [2.45, 2.75) is 13.1 Å². The van der Waals surface area contributed by atoms with E-state index < -0.39 is 11.7 Å². The largest absolute Gasteiger partial charge is 0.416 e. The number of nitrogen functional groups attached to an aromatic ring is 1. The van der Waals surface area contributed by atoms with Crippen molar-refractivity contribution in [2.75, 3.05) is 17.4 Å². The van der Waals surface area contributed by atoms with Crippen molar-refractivity contribution in [1.82, 2.24) is 4.98 Å². The van der Waals surface area contributed by atoms with Crippen LogP contribution in [0.15, 0.2) is 36.4 Å². The molecule has 0 aliphatic heterocycles. The second-order valence-corrected chi connectivity index (χ2v) is 4.64. The topological polar surface area (TPSA) is 54.2 Å². The van der Waals surface area contributed by atoms with E-state index in [4.69, 9.17) is 5.84 Å². The second kappa shape index (κ2) is 5.61. The van der Waals surface area contributed by atoms with Gasteiger partial charge in [0.25, 0.3) is 0 Å². The molecule has 1 heterocycles. The maximum absolute atomic E-state index is 12.9. The molecule has 2 rings (SSSR count). The highest BCUT2D eigenvalue weighted by atomic mass is 19.4. The molecule has 0 atom stereocenters. The molecule has 0 unspecified atom stereocenters. The predicted molar refractivity (Wildman–Crippen MR) is 76.3 cm³/mol. The summed E-state index contributed by atoms with van der Waals surface area (Å²) in [7, 11) is 1.65. The van der Waals surface area contributed by atoms with Crippen molar-refractivity contribution in [3.8, 4) is 0 Å². The average Bonchev–Trinajstić information content (AvgIpc) is 2.45. The number of nitrogens with two attached hydrogens (primary N) is 1. The third-order valence-corrected chi connectivity index (χ3v) is 3.02. The van der Waals surface area contributed by atoms with Crippen molar-refractivity contribution >= 4 is 17.3 Å². The summed E-state index contributed by atoms with van der Waals surface area (Å²) in [5, 5.41) is 0. The number of hydrazine groups is 1. The van der Waals surface area contributed by atoms with Crippen LogP contribution in [0.5, 0.6) is 0 Å². The highest BCUT2D eigenvalue weighted by Crippen LogP contribution is 2.34. The molecule has 0 saturated heterocycles. The Balaban J connectivity index is 2.47. The van der Waals surface area contributed by atoms with Crippen LogP contribution in [-0.2, 0) is 6.18 Å². The van der Waals surface area contributed by atoms with Crippen LogP contribution in [0.1, 0.15) is 11.1 Å². The summed E-state index contributed by atoms with van der Waals surface area (Å²) in [6.07, 6.45) is -4.46. The molecule has 0 saturated carbocycles. The molecule has 1 aromatic carbocycles. The number of hydrogen-bond donors (Lipinski definition) is 2. The number of nitrogens with one attached hydrogen (secondary N) is 1. The lowest BCUT2D eigenvalue weighted by molar-refractivity contribution is -0.137. The van der Waals surface area contributed by atoms with Gasteiger partial charge in [-0.2, -0.15) is 13.2 Å². The molecular weight excluding hydrogens is 281 g/mol. The molecular formula is C14H15F3N4. The Morgan fingerprint density at radius 3 is 2.48 bits per heavy atom. The zero-order chi connectivity index (χ0) is 15.6. The van der Waals surface area contributed by atoms with E-state index in [1.807, 2.05) is 25.1 Å². The van der Waals surface area contributed by atoms with Crippen molar-refractivity contribution < 1.29 is 13.2 Å². The van der Waals surface area contributed by atoms with Gasteiger partial charge < -0.3 is 10.3 Å². The molecule has 1 aromatic heterocycles. The van der Waals surface area contributed by atoms with Crippen LogP contribution >= 0.6 is 0 Å². The maximum atomic E-state index is 12.9.